The summed E-state index contributed by atoms with van der Waals surface area (Å²) in [4.78, 5) is 11.2. The van der Waals surface area contributed by atoms with E-state index in [0.29, 0.717) is 13.0 Å². The number of carboxylic acids is 1. The Labute approximate surface area is 109 Å². The molecule has 0 saturated carbocycles. The molecule has 1 rings (SSSR count). The average molecular weight is 250 g/mol. The van der Waals surface area contributed by atoms with Crippen molar-refractivity contribution in [3.63, 3.8) is 0 Å². The molecule has 0 spiro atoms. The highest BCUT2D eigenvalue weighted by Gasteiger charge is 2.20. The number of hydrogen-bond acceptors (Lipinski definition) is 2. The molecule has 0 fully saturated rings. The van der Waals surface area contributed by atoms with Crippen LogP contribution in [0.25, 0.3) is 0 Å². The summed E-state index contributed by atoms with van der Waals surface area (Å²) in [6, 6.07) is 4.17. The quantitative estimate of drug-likeness (QED) is 0.844. The zero-order chi connectivity index (χ0) is 13.7. The first kappa shape index (κ1) is 14.7. The monoisotopic (exact) mass is 250 g/mol. The van der Waals surface area contributed by atoms with Gasteiger partial charge in [-0.2, -0.15) is 0 Å². The smallest absolute Gasteiger partial charge is 0.333 e. The van der Waals surface area contributed by atoms with Gasteiger partial charge in [0.15, 0.2) is 6.10 Å². The molecule has 1 unspecified atom stereocenters. The van der Waals surface area contributed by atoms with Crippen molar-refractivity contribution in [2.45, 2.75) is 46.6 Å². The van der Waals surface area contributed by atoms with Crippen LogP contribution in [0.2, 0.25) is 0 Å². The number of ether oxygens (including phenoxy) is 1. The van der Waals surface area contributed by atoms with Crippen molar-refractivity contribution >= 4 is 5.97 Å². The number of benzene rings is 1. The molecule has 1 atom stereocenters. The molecule has 0 aromatic heterocycles. The lowest BCUT2D eigenvalue weighted by atomic mass is 9.95. The molecule has 0 aliphatic heterocycles. The summed E-state index contributed by atoms with van der Waals surface area (Å²) in [6.07, 6.45) is 0.521. The molecule has 0 bridgehead atoms. The van der Waals surface area contributed by atoms with Crippen LogP contribution in [0.5, 0.6) is 0 Å². The normalized spacial score (nSPS) is 12.4. The fraction of sp³-hybridized carbons (Fsp3) is 0.533. The minimum atomic E-state index is -0.886. The summed E-state index contributed by atoms with van der Waals surface area (Å²) in [7, 11) is 0. The molecule has 0 saturated heterocycles. The van der Waals surface area contributed by atoms with E-state index in [9.17, 15) is 9.90 Å². The van der Waals surface area contributed by atoms with Gasteiger partial charge in [-0.05, 0) is 43.9 Å². The predicted octanol–water partition coefficient (Wildman–Crippen LogP) is 3.03. The van der Waals surface area contributed by atoms with Crippen LogP contribution in [0.3, 0.4) is 0 Å². The third-order valence-corrected chi connectivity index (χ3v) is 3.03. The lowest BCUT2D eigenvalue weighted by Gasteiger charge is -2.17. The van der Waals surface area contributed by atoms with Gasteiger partial charge in [0.1, 0.15) is 0 Å². The SMILES string of the molecule is CCCOC(Cc1c(C)cc(C)cc1C)C(=O)O. The summed E-state index contributed by atoms with van der Waals surface area (Å²) in [5.41, 5.74) is 4.57. The van der Waals surface area contributed by atoms with E-state index in [0.717, 1.165) is 23.1 Å². The fourth-order valence-electron chi connectivity index (χ4n) is 2.19. The fourth-order valence-corrected chi connectivity index (χ4v) is 2.19. The summed E-state index contributed by atoms with van der Waals surface area (Å²) < 4.78 is 5.40. The van der Waals surface area contributed by atoms with E-state index in [4.69, 9.17) is 4.74 Å². The molecule has 100 valence electrons. The Morgan fingerprint density at radius 3 is 2.28 bits per heavy atom. The first-order valence-corrected chi connectivity index (χ1v) is 6.36. The molecule has 0 radical (unpaired) electrons. The summed E-state index contributed by atoms with van der Waals surface area (Å²) >= 11 is 0. The third-order valence-electron chi connectivity index (χ3n) is 3.03. The van der Waals surface area contributed by atoms with Gasteiger partial charge in [-0.3, -0.25) is 0 Å². The van der Waals surface area contributed by atoms with Crippen LogP contribution in [-0.2, 0) is 16.0 Å². The number of carbonyl (C=O) groups is 1. The van der Waals surface area contributed by atoms with Crippen LogP contribution in [0.15, 0.2) is 12.1 Å². The first-order valence-electron chi connectivity index (χ1n) is 6.36. The van der Waals surface area contributed by atoms with E-state index in [1.54, 1.807) is 0 Å². The Morgan fingerprint density at radius 1 is 1.28 bits per heavy atom. The van der Waals surface area contributed by atoms with Gasteiger partial charge < -0.3 is 9.84 Å². The number of aryl methyl sites for hydroxylation is 3. The van der Waals surface area contributed by atoms with Gasteiger partial charge in [-0.1, -0.05) is 24.6 Å². The van der Waals surface area contributed by atoms with Crippen molar-refractivity contribution in [1.29, 1.82) is 0 Å². The molecule has 0 aliphatic rings. The second-order valence-electron chi connectivity index (χ2n) is 4.78. The molecule has 3 heteroatoms. The summed E-state index contributed by atoms with van der Waals surface area (Å²) in [5, 5.41) is 9.17. The zero-order valence-corrected chi connectivity index (χ0v) is 11.6. The maximum absolute atomic E-state index is 11.2. The standard InChI is InChI=1S/C15H22O3/c1-5-6-18-14(15(16)17)9-13-11(3)7-10(2)8-12(13)4/h7-8,14H,5-6,9H2,1-4H3,(H,16,17). The van der Waals surface area contributed by atoms with Gasteiger partial charge in [0.05, 0.1) is 0 Å². The van der Waals surface area contributed by atoms with Crippen LogP contribution in [0.4, 0.5) is 0 Å². The van der Waals surface area contributed by atoms with Crippen molar-refractivity contribution in [2.24, 2.45) is 0 Å². The minimum absolute atomic E-state index is 0.438. The molecule has 18 heavy (non-hydrogen) atoms. The van der Waals surface area contributed by atoms with Crippen molar-refractivity contribution in [1.82, 2.24) is 0 Å². The van der Waals surface area contributed by atoms with Gasteiger partial charge >= 0.3 is 5.97 Å². The molecule has 1 aromatic rings. The number of aliphatic carboxylic acids is 1. The van der Waals surface area contributed by atoms with Crippen molar-refractivity contribution < 1.29 is 14.6 Å². The van der Waals surface area contributed by atoms with E-state index in [-0.39, 0.29) is 0 Å². The maximum atomic E-state index is 11.2. The van der Waals surface area contributed by atoms with Crippen LogP contribution in [0, 0.1) is 20.8 Å². The second-order valence-corrected chi connectivity index (χ2v) is 4.78. The van der Waals surface area contributed by atoms with Crippen molar-refractivity contribution in [3.05, 3.63) is 34.4 Å². The van der Waals surface area contributed by atoms with Crippen LogP contribution in [-0.4, -0.2) is 23.8 Å². The Hall–Kier alpha value is -1.35. The number of hydrogen-bond donors (Lipinski definition) is 1. The highest BCUT2D eigenvalue weighted by atomic mass is 16.5. The van der Waals surface area contributed by atoms with Gasteiger partial charge in [0.2, 0.25) is 0 Å². The number of carboxylic acid groups (broad SMARTS) is 1. The highest BCUT2D eigenvalue weighted by Crippen LogP contribution is 2.19. The molecule has 0 aliphatic carbocycles. The highest BCUT2D eigenvalue weighted by molar-refractivity contribution is 5.73. The topological polar surface area (TPSA) is 46.5 Å². The largest absolute Gasteiger partial charge is 0.479 e. The Bertz CT molecular complexity index is 401. The van der Waals surface area contributed by atoms with E-state index in [1.807, 2.05) is 27.7 Å². The van der Waals surface area contributed by atoms with Crippen LogP contribution < -0.4 is 0 Å². The molecule has 1 N–H and O–H groups in total. The van der Waals surface area contributed by atoms with E-state index < -0.39 is 12.1 Å². The van der Waals surface area contributed by atoms with Crippen molar-refractivity contribution in [2.75, 3.05) is 6.61 Å². The van der Waals surface area contributed by atoms with Crippen LogP contribution >= 0.6 is 0 Å². The molecular formula is C15H22O3. The summed E-state index contributed by atoms with van der Waals surface area (Å²) in [6.45, 7) is 8.55. The molecule has 1 aromatic carbocycles. The Morgan fingerprint density at radius 2 is 1.83 bits per heavy atom. The molecule has 0 amide bonds. The number of rotatable bonds is 6. The van der Waals surface area contributed by atoms with E-state index in [2.05, 4.69) is 12.1 Å². The predicted molar refractivity (Wildman–Crippen MR) is 72.0 cm³/mol. The Balaban J connectivity index is 2.90. The average Bonchev–Trinajstić information content (AvgIpc) is 2.26. The van der Waals surface area contributed by atoms with Gasteiger partial charge in [0, 0.05) is 13.0 Å². The third kappa shape index (κ3) is 3.84. The zero-order valence-electron chi connectivity index (χ0n) is 11.6. The summed E-state index contributed by atoms with van der Waals surface area (Å²) in [5.74, 6) is -0.886. The molecule has 0 heterocycles. The lowest BCUT2D eigenvalue weighted by molar-refractivity contribution is -0.150. The maximum Gasteiger partial charge on any atom is 0.333 e. The molecular weight excluding hydrogens is 228 g/mol. The van der Waals surface area contributed by atoms with Gasteiger partial charge in [-0.15, -0.1) is 0 Å². The van der Waals surface area contributed by atoms with Crippen LogP contribution in [0.1, 0.15) is 35.6 Å². The lowest BCUT2D eigenvalue weighted by Crippen LogP contribution is -2.27. The van der Waals surface area contributed by atoms with Gasteiger partial charge in [0.25, 0.3) is 0 Å². The minimum Gasteiger partial charge on any atom is -0.479 e. The van der Waals surface area contributed by atoms with E-state index in [1.165, 1.54) is 5.56 Å². The first-order chi connectivity index (χ1) is 8.45. The Kier molecular flexibility index (Phi) is 5.35. The second kappa shape index (κ2) is 6.55. The van der Waals surface area contributed by atoms with Gasteiger partial charge in [-0.25, -0.2) is 4.79 Å². The van der Waals surface area contributed by atoms with E-state index >= 15 is 0 Å². The van der Waals surface area contributed by atoms with Crippen molar-refractivity contribution in [3.8, 4) is 0 Å². The molecule has 3 nitrogen and oxygen atoms in total.